The highest BCUT2D eigenvalue weighted by molar-refractivity contribution is 8.00. The van der Waals surface area contributed by atoms with E-state index in [0.29, 0.717) is 25.7 Å². The highest BCUT2D eigenvalue weighted by Crippen LogP contribution is 2.45. The largest absolute Gasteiger partial charge is 0.481 e. The van der Waals surface area contributed by atoms with Crippen LogP contribution in [0.1, 0.15) is 58.8 Å². The molecule has 0 aliphatic heterocycles. The molecule has 5 atom stereocenters. The van der Waals surface area contributed by atoms with Gasteiger partial charge < -0.3 is 10.2 Å². The number of aliphatic carboxylic acids is 1. The molecule has 5 heteroatoms. The number of hydrogen-bond donors (Lipinski definition) is 2. The number of aliphatic hydroxyl groups is 1. The molecule has 2 N–H and O–H groups in total. The monoisotopic (exact) mass is 444 g/mol. The molecule has 1 aliphatic rings. The van der Waals surface area contributed by atoms with Crippen LogP contribution in [-0.2, 0) is 9.59 Å². The van der Waals surface area contributed by atoms with E-state index in [1.54, 1.807) is 17.8 Å². The van der Waals surface area contributed by atoms with Crippen molar-refractivity contribution in [3.63, 3.8) is 0 Å². The zero-order chi connectivity index (χ0) is 22.6. The molecule has 170 valence electrons. The molecule has 1 aromatic rings. The summed E-state index contributed by atoms with van der Waals surface area (Å²) in [6.07, 6.45) is 12.3. The fourth-order valence-electron chi connectivity index (χ4n) is 4.30. The first kappa shape index (κ1) is 25.4. The summed E-state index contributed by atoms with van der Waals surface area (Å²) in [5.74, 6) is -2.35. The first-order chi connectivity index (χ1) is 15.0. The summed E-state index contributed by atoms with van der Waals surface area (Å²) in [6, 6.07) is 9.93. The SMILES string of the molecule is C/C=C/CCC(C(=O)O)C1C(=O)CC(Sc2ccccc2)C1/C=C/C(O)CCCCC. The molecule has 5 unspecified atom stereocenters. The Kier molecular flexibility index (Phi) is 11.1. The van der Waals surface area contributed by atoms with Gasteiger partial charge >= 0.3 is 5.97 Å². The van der Waals surface area contributed by atoms with Crippen LogP contribution < -0.4 is 0 Å². The summed E-state index contributed by atoms with van der Waals surface area (Å²) < 4.78 is 0. The summed E-state index contributed by atoms with van der Waals surface area (Å²) in [5.41, 5.74) is 0. The molecular weight excluding hydrogens is 408 g/mol. The van der Waals surface area contributed by atoms with E-state index < -0.39 is 23.9 Å². The number of thioether (sulfide) groups is 1. The molecule has 31 heavy (non-hydrogen) atoms. The summed E-state index contributed by atoms with van der Waals surface area (Å²) in [4.78, 5) is 26.2. The molecule has 0 saturated heterocycles. The fourth-order valence-corrected chi connectivity index (χ4v) is 5.63. The number of aliphatic hydroxyl groups excluding tert-OH is 1. The number of hydrogen-bond acceptors (Lipinski definition) is 4. The predicted octanol–water partition coefficient (Wildman–Crippen LogP) is 5.91. The van der Waals surface area contributed by atoms with Crippen LogP contribution in [0.15, 0.2) is 59.5 Å². The Hall–Kier alpha value is -1.85. The molecule has 4 nitrogen and oxygen atoms in total. The van der Waals surface area contributed by atoms with E-state index in [2.05, 4.69) is 6.92 Å². The molecule has 0 spiro atoms. The van der Waals surface area contributed by atoms with Crippen molar-refractivity contribution in [3.05, 3.63) is 54.6 Å². The Morgan fingerprint density at radius 2 is 1.97 bits per heavy atom. The molecule has 0 amide bonds. The fraction of sp³-hybridized carbons (Fsp3) is 0.538. The quantitative estimate of drug-likeness (QED) is 0.292. The number of carboxylic acid groups (broad SMARTS) is 1. The van der Waals surface area contributed by atoms with Crippen molar-refractivity contribution in [3.8, 4) is 0 Å². The minimum absolute atomic E-state index is 0.0245. The lowest BCUT2D eigenvalue weighted by atomic mass is 9.80. The maximum absolute atomic E-state index is 13.0. The molecule has 0 aromatic heterocycles. The van der Waals surface area contributed by atoms with Crippen molar-refractivity contribution >= 4 is 23.5 Å². The number of allylic oxidation sites excluding steroid dienone is 3. The highest BCUT2D eigenvalue weighted by Gasteiger charge is 2.47. The van der Waals surface area contributed by atoms with Crippen LogP contribution in [0.4, 0.5) is 0 Å². The Bertz CT molecular complexity index is 743. The highest BCUT2D eigenvalue weighted by atomic mass is 32.2. The number of carbonyl (C=O) groups is 2. The Morgan fingerprint density at radius 1 is 1.23 bits per heavy atom. The zero-order valence-electron chi connectivity index (χ0n) is 18.7. The lowest BCUT2D eigenvalue weighted by molar-refractivity contribution is -0.146. The van der Waals surface area contributed by atoms with Crippen molar-refractivity contribution in [1.82, 2.24) is 0 Å². The van der Waals surface area contributed by atoms with E-state index in [9.17, 15) is 19.8 Å². The van der Waals surface area contributed by atoms with Gasteiger partial charge in [-0.05, 0) is 38.3 Å². The predicted molar refractivity (Wildman–Crippen MR) is 127 cm³/mol. The number of carbonyl (C=O) groups excluding carboxylic acids is 1. The molecule has 1 aromatic carbocycles. The maximum atomic E-state index is 13.0. The second-order valence-corrected chi connectivity index (χ2v) is 9.59. The molecule has 1 saturated carbocycles. The summed E-state index contributed by atoms with van der Waals surface area (Å²) in [6.45, 7) is 4.04. The lowest BCUT2D eigenvalue weighted by Gasteiger charge is -2.25. The van der Waals surface area contributed by atoms with Gasteiger partial charge in [0.25, 0.3) is 0 Å². The number of rotatable bonds is 13. The molecular formula is C26H36O4S. The molecule has 1 aliphatic carbocycles. The normalized spacial score (nSPS) is 23.6. The third kappa shape index (κ3) is 7.97. The Labute approximate surface area is 190 Å². The first-order valence-electron chi connectivity index (χ1n) is 11.4. The molecule has 1 fully saturated rings. The Balaban J connectivity index is 2.24. The number of unbranched alkanes of at least 4 members (excludes halogenated alkanes) is 2. The first-order valence-corrected chi connectivity index (χ1v) is 12.3. The van der Waals surface area contributed by atoms with Gasteiger partial charge in [-0.3, -0.25) is 9.59 Å². The summed E-state index contributed by atoms with van der Waals surface area (Å²) in [7, 11) is 0. The molecule has 0 bridgehead atoms. The third-order valence-electron chi connectivity index (χ3n) is 5.94. The van der Waals surface area contributed by atoms with Crippen molar-refractivity contribution in [2.75, 3.05) is 0 Å². The summed E-state index contributed by atoms with van der Waals surface area (Å²) >= 11 is 1.64. The van der Waals surface area contributed by atoms with Gasteiger partial charge in [0.05, 0.1) is 12.0 Å². The van der Waals surface area contributed by atoms with Crippen LogP contribution in [0.3, 0.4) is 0 Å². The van der Waals surface area contributed by atoms with Gasteiger partial charge in [0, 0.05) is 28.4 Å². The van der Waals surface area contributed by atoms with Crippen LogP contribution in [0.25, 0.3) is 0 Å². The lowest BCUT2D eigenvalue weighted by Crippen LogP contribution is -2.31. The average molecular weight is 445 g/mol. The van der Waals surface area contributed by atoms with Crippen LogP contribution in [0.5, 0.6) is 0 Å². The van der Waals surface area contributed by atoms with Crippen LogP contribution in [0.2, 0.25) is 0 Å². The Morgan fingerprint density at radius 3 is 2.61 bits per heavy atom. The number of ketones is 1. The van der Waals surface area contributed by atoms with E-state index in [-0.39, 0.29) is 17.0 Å². The average Bonchev–Trinajstić information content (AvgIpc) is 3.05. The topological polar surface area (TPSA) is 74.6 Å². The zero-order valence-corrected chi connectivity index (χ0v) is 19.5. The second-order valence-electron chi connectivity index (χ2n) is 8.28. The van der Waals surface area contributed by atoms with E-state index in [4.69, 9.17) is 0 Å². The minimum atomic E-state index is -0.907. The van der Waals surface area contributed by atoms with Gasteiger partial charge in [0.2, 0.25) is 0 Å². The van der Waals surface area contributed by atoms with Crippen molar-refractivity contribution in [2.24, 2.45) is 17.8 Å². The van der Waals surface area contributed by atoms with Gasteiger partial charge in [-0.25, -0.2) is 0 Å². The van der Waals surface area contributed by atoms with Gasteiger partial charge in [0.1, 0.15) is 5.78 Å². The smallest absolute Gasteiger partial charge is 0.307 e. The standard InChI is InChI=1S/C26H36O4S/c1-3-5-8-12-19(27)16-17-21-24(31-20-13-10-7-11-14-20)18-23(28)25(21)22(26(29)30)15-9-6-4-2/h4,6-7,10-11,13-14,16-17,19,21-22,24-25,27H,3,5,8-9,12,15,18H2,1-2H3,(H,29,30)/b6-4+,17-16+. The van der Waals surface area contributed by atoms with Gasteiger partial charge in [-0.2, -0.15) is 0 Å². The number of benzene rings is 1. The van der Waals surface area contributed by atoms with Gasteiger partial charge in [0.15, 0.2) is 0 Å². The molecule has 0 radical (unpaired) electrons. The van der Waals surface area contributed by atoms with Crippen molar-refractivity contribution in [1.29, 1.82) is 0 Å². The van der Waals surface area contributed by atoms with E-state index >= 15 is 0 Å². The number of carboxylic acids is 1. The molecule has 0 heterocycles. The van der Waals surface area contributed by atoms with Crippen molar-refractivity contribution < 1.29 is 19.8 Å². The second kappa shape index (κ2) is 13.5. The minimum Gasteiger partial charge on any atom is -0.481 e. The molecule has 2 rings (SSSR count). The van der Waals surface area contributed by atoms with Crippen LogP contribution in [-0.4, -0.2) is 33.3 Å². The van der Waals surface area contributed by atoms with E-state index in [0.717, 1.165) is 24.2 Å². The van der Waals surface area contributed by atoms with Gasteiger partial charge in [-0.15, -0.1) is 11.8 Å². The van der Waals surface area contributed by atoms with E-state index in [1.165, 1.54) is 0 Å². The third-order valence-corrected chi connectivity index (χ3v) is 7.27. The maximum Gasteiger partial charge on any atom is 0.307 e. The van der Waals surface area contributed by atoms with E-state index in [1.807, 2.05) is 55.5 Å². The van der Waals surface area contributed by atoms with Crippen LogP contribution >= 0.6 is 11.8 Å². The number of Topliss-reactive ketones (excluding diaryl/α,β-unsaturated/α-hetero) is 1. The van der Waals surface area contributed by atoms with Gasteiger partial charge in [-0.1, -0.05) is 68.7 Å². The van der Waals surface area contributed by atoms with Crippen molar-refractivity contribution in [2.45, 2.75) is 75.0 Å². The summed E-state index contributed by atoms with van der Waals surface area (Å²) in [5, 5.41) is 20.3. The van der Waals surface area contributed by atoms with Crippen LogP contribution in [0, 0.1) is 17.8 Å².